The van der Waals surface area contributed by atoms with Crippen molar-refractivity contribution in [3.63, 3.8) is 0 Å². The van der Waals surface area contributed by atoms with Crippen LogP contribution in [0.25, 0.3) is 0 Å². The predicted molar refractivity (Wildman–Crippen MR) is 137 cm³/mol. The number of carbonyl (C=O) groups excluding carboxylic acids is 1. The fourth-order valence-corrected chi connectivity index (χ4v) is 7.02. The van der Waals surface area contributed by atoms with Crippen LogP contribution >= 0.6 is 46.4 Å². The normalized spacial score (nSPS) is 29.7. The van der Waals surface area contributed by atoms with Gasteiger partial charge in [0.1, 0.15) is 5.78 Å². The van der Waals surface area contributed by atoms with Crippen LogP contribution in [0, 0.1) is 11.8 Å². The average molecular weight is 546 g/mol. The molecule has 9 heteroatoms. The highest BCUT2D eigenvalue weighted by molar-refractivity contribution is 6.35. The molecule has 34 heavy (non-hydrogen) atoms. The molecule has 2 saturated heterocycles. The molecule has 0 bridgehead atoms. The first-order chi connectivity index (χ1) is 16.3. The van der Waals surface area contributed by atoms with Crippen molar-refractivity contribution in [2.45, 2.75) is 23.7 Å². The van der Waals surface area contributed by atoms with Gasteiger partial charge in [-0.05, 0) is 61.3 Å². The maximum atomic E-state index is 14.4. The highest BCUT2D eigenvalue weighted by Crippen LogP contribution is 2.47. The minimum Gasteiger partial charge on any atom is -0.395 e. The van der Waals surface area contributed by atoms with Gasteiger partial charge in [0, 0.05) is 55.8 Å². The van der Waals surface area contributed by atoms with Gasteiger partial charge < -0.3 is 20.8 Å². The zero-order valence-corrected chi connectivity index (χ0v) is 21.6. The molecule has 2 aliphatic rings. The van der Waals surface area contributed by atoms with E-state index >= 15 is 0 Å². The smallest absolute Gasteiger partial charge is 0.143 e. The van der Waals surface area contributed by atoms with E-state index in [1.807, 2.05) is 0 Å². The van der Waals surface area contributed by atoms with Crippen LogP contribution in [0.15, 0.2) is 36.4 Å². The lowest BCUT2D eigenvalue weighted by atomic mass is 9.58. The predicted octanol–water partition coefficient (Wildman–Crippen LogP) is 4.25. The van der Waals surface area contributed by atoms with E-state index < -0.39 is 22.7 Å². The van der Waals surface area contributed by atoms with Gasteiger partial charge in [-0.25, -0.2) is 0 Å². The van der Waals surface area contributed by atoms with Gasteiger partial charge in [-0.3, -0.25) is 4.79 Å². The summed E-state index contributed by atoms with van der Waals surface area (Å²) in [6, 6.07) is 10.4. The molecule has 0 aromatic heterocycles. The summed E-state index contributed by atoms with van der Waals surface area (Å²) in [7, 11) is 0. The van der Waals surface area contributed by atoms with Crippen LogP contribution in [0.1, 0.15) is 24.0 Å². The second-order valence-corrected chi connectivity index (χ2v) is 11.0. The molecule has 2 fully saturated rings. The Morgan fingerprint density at radius 3 is 1.56 bits per heavy atom. The summed E-state index contributed by atoms with van der Waals surface area (Å²) in [5, 5.41) is 29.9. The molecule has 4 N–H and O–H groups in total. The van der Waals surface area contributed by atoms with Gasteiger partial charge in [0.05, 0.1) is 13.2 Å². The Hall–Kier alpha value is -0.890. The van der Waals surface area contributed by atoms with E-state index in [1.54, 1.807) is 36.4 Å². The van der Waals surface area contributed by atoms with Gasteiger partial charge in [-0.15, -0.1) is 0 Å². The molecule has 5 nitrogen and oxygen atoms in total. The number of piperidine rings is 2. The van der Waals surface area contributed by atoms with E-state index in [-0.39, 0.29) is 19.0 Å². The van der Waals surface area contributed by atoms with Crippen LogP contribution in [0.5, 0.6) is 0 Å². The second kappa shape index (κ2) is 10.6. The minimum atomic E-state index is -0.869. The fourth-order valence-electron chi connectivity index (χ4n) is 5.82. The Kier molecular flexibility index (Phi) is 8.17. The molecule has 0 aliphatic carbocycles. The SMILES string of the molecule is O=C(C1CNCCC1(CO)c1ccc(Cl)cc1Cl)C1CNCCC1(CO)c1ccc(Cl)cc1Cl. The number of aliphatic hydroxyl groups excluding tert-OH is 2. The van der Waals surface area contributed by atoms with Crippen molar-refractivity contribution in [3.8, 4) is 0 Å². The van der Waals surface area contributed by atoms with Gasteiger partial charge >= 0.3 is 0 Å². The molecule has 2 aliphatic heterocycles. The van der Waals surface area contributed by atoms with Crippen LogP contribution in [0.2, 0.25) is 20.1 Å². The molecule has 2 aromatic rings. The third-order valence-corrected chi connectivity index (χ3v) is 8.81. The standard InChI is InChI=1S/C25H28Cl4N2O3/c26-15-1-3-17(21(28)9-15)24(13-32)5-7-30-11-19(24)23(34)20-12-31-8-6-25(20,14-33)18-4-2-16(27)10-22(18)29/h1-4,9-10,19-20,30-33H,5-8,11-14H2. The van der Waals surface area contributed by atoms with Crippen molar-refractivity contribution >= 4 is 52.2 Å². The van der Waals surface area contributed by atoms with Crippen molar-refractivity contribution in [3.05, 3.63) is 67.6 Å². The summed E-state index contributed by atoms with van der Waals surface area (Å²) in [4.78, 5) is 14.4. The Bertz CT molecular complexity index is 987. The third kappa shape index (κ3) is 4.51. The molecule has 0 spiro atoms. The number of hydrogen-bond acceptors (Lipinski definition) is 5. The van der Waals surface area contributed by atoms with Crippen molar-refractivity contribution < 1.29 is 15.0 Å². The Morgan fingerprint density at radius 1 is 0.794 bits per heavy atom. The average Bonchev–Trinajstić information content (AvgIpc) is 2.83. The van der Waals surface area contributed by atoms with E-state index in [4.69, 9.17) is 46.4 Å². The van der Waals surface area contributed by atoms with E-state index in [9.17, 15) is 15.0 Å². The van der Waals surface area contributed by atoms with Gasteiger partial charge in [0.25, 0.3) is 0 Å². The van der Waals surface area contributed by atoms with E-state index in [0.717, 1.165) is 0 Å². The summed E-state index contributed by atoms with van der Waals surface area (Å²) < 4.78 is 0. The number of rotatable bonds is 6. The zero-order valence-electron chi connectivity index (χ0n) is 18.6. The van der Waals surface area contributed by atoms with Crippen LogP contribution in [-0.2, 0) is 15.6 Å². The minimum absolute atomic E-state index is 0.0421. The lowest BCUT2D eigenvalue weighted by Gasteiger charge is -2.49. The van der Waals surface area contributed by atoms with Gasteiger partial charge in [0.15, 0.2) is 0 Å². The van der Waals surface area contributed by atoms with Crippen LogP contribution in [0.3, 0.4) is 0 Å². The summed E-state index contributed by atoms with van der Waals surface area (Å²) in [6.07, 6.45) is 1.07. The van der Waals surface area contributed by atoms with E-state index in [2.05, 4.69) is 10.6 Å². The maximum Gasteiger partial charge on any atom is 0.143 e. The number of ketones is 1. The maximum absolute atomic E-state index is 14.4. The number of carbonyl (C=O) groups is 1. The zero-order chi connectivity index (χ0) is 24.5. The molecular weight excluding hydrogens is 518 g/mol. The molecule has 4 atom stereocenters. The third-order valence-electron chi connectivity index (χ3n) is 7.71. The van der Waals surface area contributed by atoms with Crippen molar-refractivity contribution in [1.82, 2.24) is 10.6 Å². The summed E-state index contributed by atoms with van der Waals surface area (Å²) in [5.41, 5.74) is -0.314. The first kappa shape index (κ1) is 26.2. The monoisotopic (exact) mass is 544 g/mol. The van der Waals surface area contributed by atoms with Crippen molar-refractivity contribution in [1.29, 1.82) is 0 Å². The Morgan fingerprint density at radius 2 is 1.21 bits per heavy atom. The molecule has 4 rings (SSSR count). The molecule has 4 unspecified atom stereocenters. The fraction of sp³-hybridized carbons (Fsp3) is 0.480. The number of Topliss-reactive ketones (excluding diaryl/α,β-unsaturated/α-hetero) is 1. The molecule has 2 heterocycles. The van der Waals surface area contributed by atoms with Crippen molar-refractivity contribution in [2.75, 3.05) is 39.4 Å². The molecular formula is C25H28Cl4N2O3. The number of nitrogens with one attached hydrogen (secondary N) is 2. The van der Waals surface area contributed by atoms with Crippen LogP contribution in [-0.4, -0.2) is 55.4 Å². The Labute approximate surface area is 219 Å². The van der Waals surface area contributed by atoms with Crippen LogP contribution < -0.4 is 10.6 Å². The Balaban J connectivity index is 1.80. The highest BCUT2D eigenvalue weighted by Gasteiger charge is 2.53. The molecule has 0 saturated carbocycles. The first-order valence-electron chi connectivity index (χ1n) is 11.4. The van der Waals surface area contributed by atoms with Crippen LogP contribution in [0.4, 0.5) is 0 Å². The molecule has 184 valence electrons. The van der Waals surface area contributed by atoms with E-state index in [0.29, 0.717) is 70.2 Å². The second-order valence-electron chi connectivity index (χ2n) is 9.29. The molecule has 2 aromatic carbocycles. The van der Waals surface area contributed by atoms with Gasteiger partial charge in [-0.2, -0.15) is 0 Å². The molecule has 0 radical (unpaired) electrons. The lowest BCUT2D eigenvalue weighted by molar-refractivity contribution is -0.135. The lowest BCUT2D eigenvalue weighted by Crippen LogP contribution is -2.60. The summed E-state index contributed by atoms with van der Waals surface area (Å²) in [6.45, 7) is 1.59. The topological polar surface area (TPSA) is 81.6 Å². The number of aliphatic hydroxyl groups is 2. The quantitative estimate of drug-likeness (QED) is 0.436. The van der Waals surface area contributed by atoms with E-state index in [1.165, 1.54) is 0 Å². The largest absolute Gasteiger partial charge is 0.395 e. The van der Waals surface area contributed by atoms with Gasteiger partial charge in [-0.1, -0.05) is 58.5 Å². The van der Waals surface area contributed by atoms with Crippen molar-refractivity contribution in [2.24, 2.45) is 11.8 Å². The number of benzene rings is 2. The summed E-state index contributed by atoms with van der Waals surface area (Å²) in [5.74, 6) is -1.17. The summed E-state index contributed by atoms with van der Waals surface area (Å²) >= 11 is 25.4. The number of hydrogen-bond donors (Lipinski definition) is 4. The number of halogens is 4. The molecule has 0 amide bonds. The highest BCUT2D eigenvalue weighted by atomic mass is 35.5. The first-order valence-corrected chi connectivity index (χ1v) is 12.9. The van der Waals surface area contributed by atoms with Gasteiger partial charge in [0.2, 0.25) is 0 Å².